The zero-order valence-electron chi connectivity index (χ0n) is 10.4. The van der Waals surface area contributed by atoms with Crippen molar-refractivity contribution in [3.63, 3.8) is 0 Å². The first-order valence-corrected chi connectivity index (χ1v) is 5.73. The molecule has 0 aliphatic carbocycles. The summed E-state index contributed by atoms with van der Waals surface area (Å²) >= 11 is 0. The Kier molecular flexibility index (Phi) is 4.40. The third kappa shape index (κ3) is 3.89. The van der Waals surface area contributed by atoms with Crippen molar-refractivity contribution in [1.82, 2.24) is 15.0 Å². The Morgan fingerprint density at radius 2 is 2.05 bits per heavy atom. The van der Waals surface area contributed by atoms with Crippen LogP contribution < -0.4 is 11.0 Å². The molecular weight excluding hydrogens is 264 g/mol. The van der Waals surface area contributed by atoms with Crippen LogP contribution >= 0.6 is 0 Å². The van der Waals surface area contributed by atoms with Crippen LogP contribution in [0.15, 0.2) is 35.1 Å². The van der Waals surface area contributed by atoms with Crippen LogP contribution in [0.5, 0.6) is 0 Å². The average molecular weight is 276 g/mol. The molecule has 0 unspecified atom stereocenters. The predicted molar refractivity (Wildman–Crippen MR) is 68.8 cm³/mol. The fraction of sp³-hybridized carbons (Fsp3) is 0.167. The molecular formula is C12H12N4O4. The van der Waals surface area contributed by atoms with Crippen molar-refractivity contribution in [3.05, 3.63) is 52.2 Å². The van der Waals surface area contributed by atoms with Crippen molar-refractivity contribution in [3.8, 4) is 0 Å². The number of aromatic amines is 1. The van der Waals surface area contributed by atoms with Gasteiger partial charge in [0.25, 0.3) is 0 Å². The third-order valence-electron chi connectivity index (χ3n) is 2.28. The van der Waals surface area contributed by atoms with Crippen LogP contribution in [0.4, 0.5) is 10.7 Å². The van der Waals surface area contributed by atoms with Gasteiger partial charge < -0.3 is 9.84 Å². The highest BCUT2D eigenvalue weighted by atomic mass is 16.5. The molecule has 0 atom stereocenters. The molecule has 8 nitrogen and oxygen atoms in total. The maximum absolute atomic E-state index is 11.5. The molecule has 0 fully saturated rings. The van der Waals surface area contributed by atoms with Crippen molar-refractivity contribution in [1.29, 1.82) is 0 Å². The number of anilines is 1. The number of aromatic nitrogens is 3. The summed E-state index contributed by atoms with van der Waals surface area (Å²) in [6.45, 7) is -0.381. The monoisotopic (exact) mass is 276 g/mol. The van der Waals surface area contributed by atoms with Crippen LogP contribution in [-0.4, -0.2) is 26.2 Å². The van der Waals surface area contributed by atoms with Gasteiger partial charge in [-0.2, -0.15) is 9.97 Å². The number of carbonyl (C=O) groups excluding carboxylic acids is 1. The predicted octanol–water partition coefficient (Wildman–Crippen LogP) is 0.406. The fourth-order valence-electron chi connectivity index (χ4n) is 1.41. The van der Waals surface area contributed by atoms with Crippen LogP contribution in [0.1, 0.15) is 11.4 Å². The Morgan fingerprint density at radius 3 is 2.75 bits per heavy atom. The summed E-state index contributed by atoms with van der Waals surface area (Å²) in [5.74, 6) is -0.223. The number of nitrogens with one attached hydrogen (secondary N) is 2. The van der Waals surface area contributed by atoms with E-state index in [0.29, 0.717) is 0 Å². The number of aliphatic hydroxyl groups excluding tert-OH is 1. The number of benzene rings is 1. The van der Waals surface area contributed by atoms with E-state index >= 15 is 0 Å². The van der Waals surface area contributed by atoms with Crippen LogP contribution in [0.3, 0.4) is 0 Å². The Morgan fingerprint density at radius 1 is 1.30 bits per heavy atom. The summed E-state index contributed by atoms with van der Waals surface area (Å²) in [5, 5.41) is 11.1. The van der Waals surface area contributed by atoms with E-state index < -0.39 is 18.4 Å². The Balaban J connectivity index is 1.94. The summed E-state index contributed by atoms with van der Waals surface area (Å²) in [6.07, 6.45) is -0.789. The molecule has 1 aromatic heterocycles. The molecule has 3 N–H and O–H groups in total. The maximum Gasteiger partial charge on any atom is 0.414 e. The zero-order chi connectivity index (χ0) is 14.4. The molecule has 0 bridgehead atoms. The number of hydrogen-bond donors (Lipinski definition) is 3. The molecule has 104 valence electrons. The van der Waals surface area contributed by atoms with Crippen molar-refractivity contribution in [2.24, 2.45) is 0 Å². The Bertz CT molecular complexity index is 641. The largest absolute Gasteiger partial charge is 0.444 e. The van der Waals surface area contributed by atoms with Crippen molar-refractivity contribution in [2.75, 3.05) is 5.32 Å². The van der Waals surface area contributed by atoms with Gasteiger partial charge in [-0.25, -0.2) is 9.59 Å². The molecule has 0 spiro atoms. The summed E-state index contributed by atoms with van der Waals surface area (Å²) < 4.78 is 4.94. The summed E-state index contributed by atoms with van der Waals surface area (Å²) in [5.41, 5.74) is 0.105. The molecule has 2 aromatic rings. The van der Waals surface area contributed by atoms with E-state index in [9.17, 15) is 9.59 Å². The van der Waals surface area contributed by atoms with Gasteiger partial charge in [-0.3, -0.25) is 10.3 Å². The molecule has 1 aromatic carbocycles. The highest BCUT2D eigenvalue weighted by Gasteiger charge is 2.08. The highest BCUT2D eigenvalue weighted by Crippen LogP contribution is 2.02. The second-order valence-corrected chi connectivity index (χ2v) is 3.77. The summed E-state index contributed by atoms with van der Waals surface area (Å²) in [7, 11) is 0. The minimum absolute atomic E-state index is 0.00311. The first-order chi connectivity index (χ1) is 9.67. The first kappa shape index (κ1) is 13.7. The number of carbonyl (C=O) groups is 1. The number of hydrogen-bond acceptors (Lipinski definition) is 6. The van der Waals surface area contributed by atoms with E-state index in [2.05, 4.69) is 20.3 Å². The molecule has 0 saturated heterocycles. The highest BCUT2D eigenvalue weighted by molar-refractivity contribution is 5.82. The molecule has 8 heteroatoms. The summed E-state index contributed by atoms with van der Waals surface area (Å²) in [6, 6.07) is 9.11. The van der Waals surface area contributed by atoms with E-state index in [4.69, 9.17) is 9.84 Å². The van der Waals surface area contributed by atoms with Gasteiger partial charge in [0.2, 0.25) is 5.95 Å². The lowest BCUT2D eigenvalue weighted by atomic mass is 10.2. The zero-order valence-corrected chi connectivity index (χ0v) is 10.4. The number of aliphatic hydroxyl groups is 1. The van der Waals surface area contributed by atoms with Crippen molar-refractivity contribution < 1.29 is 14.6 Å². The van der Waals surface area contributed by atoms with Crippen molar-refractivity contribution >= 4 is 12.0 Å². The number of H-pyrrole nitrogens is 1. The van der Waals surface area contributed by atoms with Gasteiger partial charge in [0.05, 0.1) is 0 Å². The number of ether oxygens (including phenoxy) is 1. The fourth-order valence-corrected chi connectivity index (χ4v) is 1.41. The maximum atomic E-state index is 11.5. The van der Waals surface area contributed by atoms with Gasteiger partial charge >= 0.3 is 11.8 Å². The first-order valence-electron chi connectivity index (χ1n) is 5.73. The van der Waals surface area contributed by atoms with Crippen LogP contribution in [0.25, 0.3) is 0 Å². The van der Waals surface area contributed by atoms with Gasteiger partial charge in [0, 0.05) is 0 Å². The van der Waals surface area contributed by atoms with Gasteiger partial charge in [-0.1, -0.05) is 30.3 Å². The lowest BCUT2D eigenvalue weighted by Gasteiger charge is -2.06. The van der Waals surface area contributed by atoms with E-state index in [1.54, 1.807) is 12.1 Å². The Labute approximate surface area is 113 Å². The minimum atomic E-state index is -0.789. The molecule has 2 rings (SSSR count). The van der Waals surface area contributed by atoms with E-state index in [1.807, 2.05) is 18.2 Å². The second-order valence-electron chi connectivity index (χ2n) is 3.77. The molecule has 0 aliphatic heterocycles. The standard InChI is InChI=1S/C12H12N4O4/c17-6-9-13-10(15-11(18)14-9)16-12(19)20-7-8-4-2-1-3-5-8/h1-5,17H,6-7H2,(H2,13,14,15,16,18,19). The van der Waals surface area contributed by atoms with E-state index in [-0.39, 0.29) is 18.4 Å². The van der Waals surface area contributed by atoms with Crippen LogP contribution in [0, 0.1) is 0 Å². The molecule has 20 heavy (non-hydrogen) atoms. The number of nitrogens with zero attached hydrogens (tertiary/aromatic N) is 2. The number of amides is 1. The lowest BCUT2D eigenvalue weighted by molar-refractivity contribution is 0.155. The molecule has 0 saturated carbocycles. The van der Waals surface area contributed by atoms with Crippen LogP contribution in [0.2, 0.25) is 0 Å². The topological polar surface area (TPSA) is 117 Å². The minimum Gasteiger partial charge on any atom is -0.444 e. The third-order valence-corrected chi connectivity index (χ3v) is 2.28. The average Bonchev–Trinajstić information content (AvgIpc) is 2.45. The molecule has 1 heterocycles. The van der Waals surface area contributed by atoms with Gasteiger partial charge in [-0.05, 0) is 5.56 Å². The van der Waals surface area contributed by atoms with Crippen LogP contribution in [-0.2, 0) is 18.0 Å². The van der Waals surface area contributed by atoms with Gasteiger partial charge in [0.15, 0.2) is 0 Å². The quantitative estimate of drug-likeness (QED) is 0.744. The second kappa shape index (κ2) is 6.43. The smallest absolute Gasteiger partial charge is 0.414 e. The molecule has 1 amide bonds. The summed E-state index contributed by atoms with van der Waals surface area (Å²) in [4.78, 5) is 32.0. The number of rotatable bonds is 4. The molecule has 0 aliphatic rings. The lowest BCUT2D eigenvalue weighted by Crippen LogP contribution is -2.22. The van der Waals surface area contributed by atoms with Crippen molar-refractivity contribution in [2.45, 2.75) is 13.2 Å². The Hall–Kier alpha value is -2.74. The van der Waals surface area contributed by atoms with E-state index in [0.717, 1.165) is 5.56 Å². The van der Waals surface area contributed by atoms with E-state index in [1.165, 1.54) is 0 Å². The normalized spacial score (nSPS) is 10.1. The SMILES string of the molecule is O=C(Nc1nc(CO)[nH]c(=O)n1)OCc1ccccc1. The molecule has 0 radical (unpaired) electrons. The van der Waals surface area contributed by atoms with Gasteiger partial charge in [-0.15, -0.1) is 0 Å². The van der Waals surface area contributed by atoms with Gasteiger partial charge in [0.1, 0.15) is 19.0 Å².